The van der Waals surface area contributed by atoms with Crippen molar-refractivity contribution in [2.24, 2.45) is 5.16 Å². The average Bonchev–Trinajstić information content (AvgIpc) is 3.05. The van der Waals surface area contributed by atoms with Crippen molar-refractivity contribution >= 4 is 33.0 Å². The predicted molar refractivity (Wildman–Crippen MR) is 94.8 cm³/mol. The molecule has 1 aromatic carbocycles. The fourth-order valence-electron chi connectivity index (χ4n) is 2.65. The van der Waals surface area contributed by atoms with Gasteiger partial charge in [-0.25, -0.2) is 0 Å². The van der Waals surface area contributed by atoms with Gasteiger partial charge in [0.2, 0.25) is 0 Å². The molecule has 5 nitrogen and oxygen atoms in total. The molecule has 146 valence electrons. The Morgan fingerprint density at radius 1 is 1.35 bits per heavy atom. The molecule has 26 heavy (non-hydrogen) atoms. The van der Waals surface area contributed by atoms with Crippen LogP contribution in [0.4, 0.5) is 18.9 Å². The fraction of sp³-hybridized carbons (Fsp3) is 0.562. The lowest BCUT2D eigenvalue weighted by Gasteiger charge is -2.16. The molecule has 1 saturated carbocycles. The highest BCUT2D eigenvalue weighted by Gasteiger charge is 2.46. The van der Waals surface area contributed by atoms with E-state index in [9.17, 15) is 21.6 Å². The lowest BCUT2D eigenvalue weighted by atomic mass is 10.0. The quantitative estimate of drug-likeness (QED) is 0.502. The summed E-state index contributed by atoms with van der Waals surface area (Å²) < 4.78 is 62.6. The first-order valence-corrected chi connectivity index (χ1v) is 10.1. The number of nitrogens with one attached hydrogen (secondary N) is 1. The van der Waals surface area contributed by atoms with Gasteiger partial charge < -0.3 is 4.84 Å². The summed E-state index contributed by atoms with van der Waals surface area (Å²) in [6.45, 7) is 1.87. The van der Waals surface area contributed by atoms with E-state index in [-0.39, 0.29) is 22.4 Å². The Balaban J connectivity index is 2.37. The van der Waals surface area contributed by atoms with Crippen molar-refractivity contribution in [3.8, 4) is 0 Å². The fourth-order valence-corrected chi connectivity index (χ4v) is 3.40. The molecule has 1 aliphatic carbocycles. The van der Waals surface area contributed by atoms with Crippen molar-refractivity contribution in [3.05, 3.63) is 28.8 Å². The summed E-state index contributed by atoms with van der Waals surface area (Å²) in [5.74, 6) is 0. The standard InChI is InChI=1S/C16H20ClF3N2O3S/c1-2-5-14(21-25-12-6-3-4-7-12)13-10-11(17)8-9-15(13)22-26(23,24)16(18,19)20/h8-10,12,22H,2-7H2,1H3/b21-14+. The number of anilines is 1. The molecule has 2 rings (SSSR count). The molecule has 10 heteroatoms. The zero-order valence-corrected chi connectivity index (χ0v) is 15.7. The number of sulfonamides is 1. The molecular weight excluding hydrogens is 393 g/mol. The number of halogens is 4. The second-order valence-electron chi connectivity index (χ2n) is 6.04. The maximum absolute atomic E-state index is 12.7. The molecule has 0 atom stereocenters. The van der Waals surface area contributed by atoms with Gasteiger partial charge in [0.15, 0.2) is 0 Å². The molecule has 0 radical (unpaired) electrons. The summed E-state index contributed by atoms with van der Waals surface area (Å²) in [5.41, 5.74) is -5.15. The van der Waals surface area contributed by atoms with Gasteiger partial charge in [-0.05, 0) is 50.3 Å². The minimum atomic E-state index is -5.55. The van der Waals surface area contributed by atoms with E-state index in [0.29, 0.717) is 18.6 Å². The van der Waals surface area contributed by atoms with Crippen LogP contribution in [-0.2, 0) is 14.9 Å². The number of hydrogen-bond acceptors (Lipinski definition) is 4. The van der Waals surface area contributed by atoms with E-state index >= 15 is 0 Å². The first-order chi connectivity index (χ1) is 12.1. The van der Waals surface area contributed by atoms with E-state index in [0.717, 1.165) is 25.7 Å². The highest BCUT2D eigenvalue weighted by atomic mass is 35.5. The normalized spacial score (nSPS) is 16.7. The van der Waals surface area contributed by atoms with Crippen LogP contribution in [0.15, 0.2) is 23.4 Å². The molecule has 0 bridgehead atoms. The minimum Gasteiger partial charge on any atom is -0.392 e. The zero-order chi connectivity index (χ0) is 19.4. The largest absolute Gasteiger partial charge is 0.516 e. The van der Waals surface area contributed by atoms with Gasteiger partial charge in [0, 0.05) is 10.6 Å². The summed E-state index contributed by atoms with van der Waals surface area (Å²) in [6.07, 6.45) is 4.82. The second-order valence-corrected chi connectivity index (χ2v) is 8.15. The lowest BCUT2D eigenvalue weighted by molar-refractivity contribution is -0.0429. The van der Waals surface area contributed by atoms with Crippen molar-refractivity contribution in [1.29, 1.82) is 0 Å². The van der Waals surface area contributed by atoms with Gasteiger partial charge in [-0.15, -0.1) is 0 Å². The van der Waals surface area contributed by atoms with Gasteiger partial charge in [0.25, 0.3) is 0 Å². The lowest BCUT2D eigenvalue weighted by Crippen LogP contribution is -2.30. The number of oxime groups is 1. The van der Waals surface area contributed by atoms with Crippen molar-refractivity contribution in [2.75, 3.05) is 4.72 Å². The van der Waals surface area contributed by atoms with E-state index in [2.05, 4.69) is 5.16 Å². The molecule has 0 heterocycles. The van der Waals surface area contributed by atoms with Crippen molar-refractivity contribution in [1.82, 2.24) is 0 Å². The van der Waals surface area contributed by atoms with Gasteiger partial charge in [0.05, 0.1) is 11.4 Å². The van der Waals surface area contributed by atoms with E-state index in [1.807, 2.05) is 6.92 Å². The third kappa shape index (κ3) is 5.26. The van der Waals surface area contributed by atoms with Crippen LogP contribution in [0.1, 0.15) is 51.0 Å². The number of rotatable bonds is 7. The summed E-state index contributed by atoms with van der Waals surface area (Å²) in [7, 11) is -5.55. The smallest absolute Gasteiger partial charge is 0.392 e. The van der Waals surface area contributed by atoms with E-state index in [4.69, 9.17) is 16.4 Å². The highest BCUT2D eigenvalue weighted by molar-refractivity contribution is 7.93. The zero-order valence-electron chi connectivity index (χ0n) is 14.1. The maximum atomic E-state index is 12.7. The monoisotopic (exact) mass is 412 g/mol. The van der Waals surface area contributed by atoms with Crippen LogP contribution in [0.5, 0.6) is 0 Å². The van der Waals surface area contributed by atoms with Gasteiger partial charge in [-0.1, -0.05) is 30.1 Å². The minimum absolute atomic E-state index is 0.0312. The van der Waals surface area contributed by atoms with E-state index < -0.39 is 15.5 Å². The molecule has 1 N–H and O–H groups in total. The van der Waals surface area contributed by atoms with Gasteiger partial charge >= 0.3 is 15.5 Å². The third-order valence-electron chi connectivity index (χ3n) is 3.94. The molecule has 1 aromatic rings. The number of alkyl halides is 3. The van der Waals surface area contributed by atoms with Gasteiger partial charge in [-0.2, -0.15) is 21.6 Å². The molecule has 0 amide bonds. The van der Waals surface area contributed by atoms with E-state index in [1.165, 1.54) is 18.2 Å². The van der Waals surface area contributed by atoms with Crippen LogP contribution in [0.2, 0.25) is 5.02 Å². The van der Waals surface area contributed by atoms with Crippen LogP contribution in [0, 0.1) is 0 Å². The Labute approximate surface area is 155 Å². The van der Waals surface area contributed by atoms with Crippen molar-refractivity contribution in [3.63, 3.8) is 0 Å². The van der Waals surface area contributed by atoms with Crippen LogP contribution >= 0.6 is 11.6 Å². The topological polar surface area (TPSA) is 67.8 Å². The van der Waals surface area contributed by atoms with E-state index in [1.54, 1.807) is 4.72 Å². The SMILES string of the molecule is CCC/C(=N\OC1CCCC1)c1cc(Cl)ccc1NS(=O)(=O)C(F)(F)F. The van der Waals surface area contributed by atoms with Crippen LogP contribution in [0.3, 0.4) is 0 Å². The first-order valence-electron chi connectivity index (χ1n) is 8.25. The molecule has 1 aliphatic rings. The molecule has 0 aliphatic heterocycles. The number of hydrogen-bond donors (Lipinski definition) is 1. The number of nitrogens with zero attached hydrogens (tertiary/aromatic N) is 1. The second kappa shape index (κ2) is 8.47. The summed E-state index contributed by atoms with van der Waals surface area (Å²) in [5, 5.41) is 4.35. The van der Waals surface area contributed by atoms with Crippen molar-refractivity contribution < 1.29 is 26.4 Å². The maximum Gasteiger partial charge on any atom is 0.516 e. The summed E-state index contributed by atoms with van der Waals surface area (Å²) in [6, 6.07) is 3.87. The first kappa shape index (κ1) is 20.8. The molecule has 0 unspecified atom stereocenters. The molecule has 0 saturated heterocycles. The average molecular weight is 413 g/mol. The van der Waals surface area contributed by atoms with Crippen LogP contribution in [0.25, 0.3) is 0 Å². The third-order valence-corrected chi connectivity index (χ3v) is 5.28. The Hall–Kier alpha value is -1.48. The molecule has 0 aromatic heterocycles. The number of benzene rings is 1. The Morgan fingerprint density at radius 2 is 2.00 bits per heavy atom. The van der Waals surface area contributed by atoms with Crippen molar-refractivity contribution in [2.45, 2.75) is 57.1 Å². The Bertz CT molecular complexity index is 760. The highest BCUT2D eigenvalue weighted by Crippen LogP contribution is 2.30. The molecule has 0 spiro atoms. The van der Waals surface area contributed by atoms with Gasteiger partial charge in [0.1, 0.15) is 6.10 Å². The summed E-state index contributed by atoms with van der Waals surface area (Å²) >= 11 is 5.95. The Morgan fingerprint density at radius 3 is 2.58 bits per heavy atom. The molecular formula is C16H20ClF3N2O3S. The summed E-state index contributed by atoms with van der Waals surface area (Å²) in [4.78, 5) is 5.51. The molecule has 1 fully saturated rings. The van der Waals surface area contributed by atoms with Crippen LogP contribution in [-0.4, -0.2) is 25.7 Å². The predicted octanol–water partition coefficient (Wildman–Crippen LogP) is 5.06. The Kier molecular flexibility index (Phi) is 6.79. The van der Waals surface area contributed by atoms with Crippen LogP contribution < -0.4 is 4.72 Å². The van der Waals surface area contributed by atoms with Gasteiger partial charge in [-0.3, -0.25) is 4.72 Å².